The van der Waals surface area contributed by atoms with Crippen LogP contribution in [0.4, 0.5) is 0 Å². The van der Waals surface area contributed by atoms with Gasteiger partial charge in [-0.25, -0.2) is 13.4 Å². The molecular weight excluding hydrogens is 386 g/mol. The van der Waals surface area contributed by atoms with Crippen molar-refractivity contribution in [3.8, 4) is 17.0 Å². The third-order valence-corrected chi connectivity index (χ3v) is 6.95. The Bertz CT molecular complexity index is 1060. The Labute approximate surface area is 171 Å². The van der Waals surface area contributed by atoms with Crippen molar-refractivity contribution < 1.29 is 13.2 Å². The average molecular weight is 410 g/mol. The number of nitrogens with zero attached hydrogens (tertiary/aromatic N) is 3. The second-order valence-electron chi connectivity index (χ2n) is 7.05. The highest BCUT2D eigenvalue weighted by Gasteiger charge is 2.30. The zero-order chi connectivity index (χ0) is 20.3. The molecule has 0 saturated carbocycles. The first-order valence-corrected chi connectivity index (χ1v) is 11.1. The van der Waals surface area contributed by atoms with E-state index in [4.69, 9.17) is 4.74 Å². The van der Waals surface area contributed by atoms with Crippen molar-refractivity contribution in [3.05, 3.63) is 72.7 Å². The van der Waals surface area contributed by atoms with Gasteiger partial charge in [0, 0.05) is 25.4 Å². The van der Waals surface area contributed by atoms with Gasteiger partial charge in [0.2, 0.25) is 15.9 Å². The van der Waals surface area contributed by atoms with Crippen molar-refractivity contribution in [2.45, 2.75) is 30.8 Å². The van der Waals surface area contributed by atoms with E-state index < -0.39 is 10.0 Å². The Hall–Kier alpha value is -2.77. The molecule has 0 bridgehead atoms. The first-order chi connectivity index (χ1) is 14.0. The smallest absolute Gasteiger partial charge is 0.243 e. The second-order valence-corrected chi connectivity index (χ2v) is 8.99. The SMILES string of the molecule is Cc1nccc(OC2CCN(S(=O)(=O)c3ccc(-c4ccccc4)cc3)CC2)n1. The highest BCUT2D eigenvalue weighted by molar-refractivity contribution is 7.89. The van der Waals surface area contributed by atoms with Gasteiger partial charge in [-0.1, -0.05) is 42.5 Å². The molecule has 6 nitrogen and oxygen atoms in total. The fourth-order valence-corrected chi connectivity index (χ4v) is 4.93. The minimum Gasteiger partial charge on any atom is -0.474 e. The van der Waals surface area contributed by atoms with Crippen LogP contribution in [0.15, 0.2) is 71.8 Å². The molecule has 0 aliphatic carbocycles. The van der Waals surface area contributed by atoms with Crippen LogP contribution in [-0.4, -0.2) is 41.9 Å². The summed E-state index contributed by atoms with van der Waals surface area (Å²) in [4.78, 5) is 8.63. The number of hydrogen-bond acceptors (Lipinski definition) is 5. The molecule has 0 spiro atoms. The number of benzene rings is 2. The van der Waals surface area contributed by atoms with Gasteiger partial charge in [0.25, 0.3) is 0 Å². The molecule has 1 saturated heterocycles. The topological polar surface area (TPSA) is 72.4 Å². The van der Waals surface area contributed by atoms with Crippen LogP contribution in [0, 0.1) is 6.92 Å². The van der Waals surface area contributed by atoms with E-state index in [2.05, 4.69) is 9.97 Å². The van der Waals surface area contributed by atoms with E-state index in [0.29, 0.717) is 42.5 Å². The van der Waals surface area contributed by atoms with E-state index in [1.165, 1.54) is 4.31 Å². The van der Waals surface area contributed by atoms with Gasteiger partial charge < -0.3 is 4.74 Å². The summed E-state index contributed by atoms with van der Waals surface area (Å²) in [7, 11) is -3.51. The van der Waals surface area contributed by atoms with Crippen molar-refractivity contribution in [1.29, 1.82) is 0 Å². The Morgan fingerprint density at radius 2 is 1.59 bits per heavy atom. The van der Waals surface area contributed by atoms with Crippen LogP contribution in [0.5, 0.6) is 5.88 Å². The number of rotatable bonds is 5. The number of ether oxygens (including phenoxy) is 1. The van der Waals surface area contributed by atoms with E-state index in [0.717, 1.165) is 11.1 Å². The maximum atomic E-state index is 13.0. The lowest BCUT2D eigenvalue weighted by atomic mass is 10.1. The molecule has 0 atom stereocenters. The maximum absolute atomic E-state index is 13.0. The number of hydrogen-bond donors (Lipinski definition) is 0. The maximum Gasteiger partial charge on any atom is 0.243 e. The van der Waals surface area contributed by atoms with Gasteiger partial charge in [-0.2, -0.15) is 9.29 Å². The van der Waals surface area contributed by atoms with Crippen molar-refractivity contribution >= 4 is 10.0 Å². The molecule has 0 unspecified atom stereocenters. The quantitative estimate of drug-likeness (QED) is 0.643. The number of aryl methyl sites for hydroxylation is 1. The van der Waals surface area contributed by atoms with Crippen LogP contribution >= 0.6 is 0 Å². The monoisotopic (exact) mass is 409 g/mol. The van der Waals surface area contributed by atoms with Gasteiger partial charge in [-0.15, -0.1) is 0 Å². The molecular formula is C22H23N3O3S. The van der Waals surface area contributed by atoms with Crippen LogP contribution in [0.3, 0.4) is 0 Å². The molecule has 1 aromatic heterocycles. The minimum atomic E-state index is -3.51. The van der Waals surface area contributed by atoms with E-state index in [1.54, 1.807) is 24.4 Å². The molecule has 2 heterocycles. The Balaban J connectivity index is 1.41. The van der Waals surface area contributed by atoms with E-state index >= 15 is 0 Å². The predicted molar refractivity (Wildman–Crippen MR) is 111 cm³/mol. The Morgan fingerprint density at radius 1 is 0.931 bits per heavy atom. The van der Waals surface area contributed by atoms with Gasteiger partial charge in [-0.3, -0.25) is 0 Å². The van der Waals surface area contributed by atoms with Crippen LogP contribution in [-0.2, 0) is 10.0 Å². The molecule has 1 aliphatic rings. The van der Waals surface area contributed by atoms with Gasteiger partial charge in [0.05, 0.1) is 4.90 Å². The summed E-state index contributed by atoms with van der Waals surface area (Å²) in [6.45, 7) is 2.67. The lowest BCUT2D eigenvalue weighted by molar-refractivity contribution is 0.129. The van der Waals surface area contributed by atoms with Crippen LogP contribution in [0.1, 0.15) is 18.7 Å². The molecule has 7 heteroatoms. The lowest BCUT2D eigenvalue weighted by Gasteiger charge is -2.31. The van der Waals surface area contributed by atoms with Gasteiger partial charge in [-0.05, 0) is 43.0 Å². The molecule has 1 fully saturated rings. The minimum absolute atomic E-state index is 0.0452. The third kappa shape index (κ3) is 4.46. The summed E-state index contributed by atoms with van der Waals surface area (Å²) in [5, 5.41) is 0. The zero-order valence-corrected chi connectivity index (χ0v) is 17.0. The molecule has 0 N–H and O–H groups in total. The molecule has 1 aliphatic heterocycles. The van der Waals surface area contributed by atoms with Gasteiger partial charge >= 0.3 is 0 Å². The van der Waals surface area contributed by atoms with E-state index in [1.807, 2.05) is 49.4 Å². The van der Waals surface area contributed by atoms with Crippen LogP contribution < -0.4 is 4.74 Å². The van der Waals surface area contributed by atoms with Gasteiger partial charge in [0.15, 0.2) is 0 Å². The number of aromatic nitrogens is 2. The normalized spacial score (nSPS) is 15.9. The van der Waals surface area contributed by atoms with Crippen LogP contribution in [0.25, 0.3) is 11.1 Å². The summed E-state index contributed by atoms with van der Waals surface area (Å²) in [5.74, 6) is 1.19. The summed E-state index contributed by atoms with van der Waals surface area (Å²) in [6, 6.07) is 18.7. The van der Waals surface area contributed by atoms with Crippen molar-refractivity contribution in [2.24, 2.45) is 0 Å². The second kappa shape index (κ2) is 8.31. The highest BCUT2D eigenvalue weighted by atomic mass is 32.2. The Kier molecular flexibility index (Phi) is 5.60. The lowest BCUT2D eigenvalue weighted by Crippen LogP contribution is -2.41. The standard InChI is InChI=1S/C22H23N3O3S/c1-17-23-14-11-22(24-17)28-20-12-15-25(16-13-20)29(26,27)21-9-7-19(8-10-21)18-5-3-2-4-6-18/h2-11,14,20H,12-13,15-16H2,1H3. The van der Waals surface area contributed by atoms with Gasteiger partial charge in [0.1, 0.15) is 11.9 Å². The molecule has 3 aromatic rings. The predicted octanol–water partition coefficient (Wildman–Crippen LogP) is 3.68. The first-order valence-electron chi connectivity index (χ1n) is 9.64. The molecule has 0 radical (unpaired) electrons. The average Bonchev–Trinajstić information content (AvgIpc) is 2.75. The number of sulfonamides is 1. The van der Waals surface area contributed by atoms with Crippen LogP contribution in [0.2, 0.25) is 0 Å². The fourth-order valence-electron chi connectivity index (χ4n) is 3.46. The zero-order valence-electron chi connectivity index (χ0n) is 16.2. The van der Waals surface area contributed by atoms with Crippen molar-refractivity contribution in [3.63, 3.8) is 0 Å². The fraction of sp³-hybridized carbons (Fsp3) is 0.273. The molecule has 0 amide bonds. The summed E-state index contributed by atoms with van der Waals surface area (Å²) in [5.41, 5.74) is 2.06. The van der Waals surface area contributed by atoms with E-state index in [9.17, 15) is 8.42 Å². The number of piperidine rings is 1. The van der Waals surface area contributed by atoms with Crippen molar-refractivity contribution in [1.82, 2.24) is 14.3 Å². The molecule has 4 rings (SSSR count). The Morgan fingerprint density at radius 3 is 2.24 bits per heavy atom. The third-order valence-electron chi connectivity index (χ3n) is 5.04. The summed E-state index contributed by atoms with van der Waals surface area (Å²) < 4.78 is 33.5. The molecule has 29 heavy (non-hydrogen) atoms. The summed E-state index contributed by atoms with van der Waals surface area (Å²) >= 11 is 0. The highest BCUT2D eigenvalue weighted by Crippen LogP contribution is 2.25. The van der Waals surface area contributed by atoms with E-state index in [-0.39, 0.29) is 6.10 Å². The first kappa shape index (κ1) is 19.5. The van der Waals surface area contributed by atoms with Crippen molar-refractivity contribution in [2.75, 3.05) is 13.1 Å². The summed E-state index contributed by atoms with van der Waals surface area (Å²) in [6.07, 6.45) is 2.88. The molecule has 150 valence electrons. The largest absolute Gasteiger partial charge is 0.474 e. The molecule has 2 aromatic carbocycles.